The molecule has 4 rings (SSSR count). The van der Waals surface area contributed by atoms with Gasteiger partial charge >= 0.3 is 98.9 Å². The summed E-state index contributed by atoms with van der Waals surface area (Å²) >= 11 is 1.08. The van der Waals surface area contributed by atoms with Gasteiger partial charge in [0.25, 0.3) is 0 Å². The van der Waals surface area contributed by atoms with E-state index in [1.54, 1.807) is 0 Å². The molecule has 0 nitrogen and oxygen atoms in total. The number of rotatable bonds is 2. The van der Waals surface area contributed by atoms with Gasteiger partial charge in [0.2, 0.25) is 0 Å². The first-order valence-corrected chi connectivity index (χ1v) is 13.0. The fourth-order valence-corrected chi connectivity index (χ4v) is 4.84. The maximum absolute atomic E-state index is 2.24. The van der Waals surface area contributed by atoms with Gasteiger partial charge in [0.05, 0.1) is 0 Å². The van der Waals surface area contributed by atoms with E-state index in [1.807, 2.05) is 0 Å². The summed E-state index contributed by atoms with van der Waals surface area (Å²) < 4.78 is 1.46. The van der Waals surface area contributed by atoms with Gasteiger partial charge in [-0.2, -0.15) is 56.6 Å². The van der Waals surface area contributed by atoms with Crippen LogP contribution in [0.3, 0.4) is 0 Å². The van der Waals surface area contributed by atoms with Crippen molar-refractivity contribution in [1.82, 2.24) is 0 Å². The average molecular weight is 658 g/mol. The quantitative estimate of drug-likeness (QED) is 0.229. The second kappa shape index (κ2) is 15.5. The Morgan fingerprint density at radius 1 is 0.559 bits per heavy atom. The summed E-state index contributed by atoms with van der Waals surface area (Å²) in [6.45, 7) is 17.4. The van der Waals surface area contributed by atoms with Crippen molar-refractivity contribution < 1.29 is 48.7 Å². The van der Waals surface area contributed by atoms with Gasteiger partial charge in [0.15, 0.2) is 0 Å². The molecule has 0 aliphatic heterocycles. The fourth-order valence-electron chi connectivity index (χ4n) is 3.64. The first-order valence-electron chi connectivity index (χ1n) is 11.2. The zero-order valence-electron chi connectivity index (χ0n) is 21.7. The van der Waals surface area contributed by atoms with Crippen molar-refractivity contribution in [3.05, 3.63) is 128 Å². The number of halogens is 2. The third-order valence-electron chi connectivity index (χ3n) is 6.48. The number of benzene rings is 2. The Balaban J connectivity index is 0.000000485. The van der Waals surface area contributed by atoms with Crippen LogP contribution < -0.4 is 24.8 Å². The second-order valence-electron chi connectivity index (χ2n) is 8.63. The van der Waals surface area contributed by atoms with Crippen molar-refractivity contribution in [2.75, 3.05) is 0 Å². The topological polar surface area (TPSA) is 0 Å². The van der Waals surface area contributed by atoms with E-state index in [0.29, 0.717) is 0 Å². The van der Waals surface area contributed by atoms with Crippen LogP contribution in [-0.2, 0) is 23.9 Å². The first kappa shape index (κ1) is 32.5. The molecule has 0 unspecified atom stereocenters. The molecule has 0 spiro atoms. The van der Waals surface area contributed by atoms with Crippen LogP contribution in [0.4, 0.5) is 0 Å². The molecule has 0 aliphatic carbocycles. The molecule has 0 fully saturated rings. The van der Waals surface area contributed by atoms with Gasteiger partial charge in [0, 0.05) is 0 Å². The average Bonchev–Trinajstić information content (AvgIpc) is 3.17. The Labute approximate surface area is 234 Å². The van der Waals surface area contributed by atoms with E-state index in [2.05, 4.69) is 128 Å². The molecule has 0 aliphatic rings. The molecule has 0 amide bonds. The van der Waals surface area contributed by atoms with Crippen molar-refractivity contribution in [2.24, 2.45) is 0 Å². The Morgan fingerprint density at radius 2 is 0.853 bits per heavy atom. The number of hydrogen-bond donors (Lipinski definition) is 0. The van der Waals surface area contributed by atoms with E-state index in [1.165, 1.54) is 58.9 Å². The Hall–Kier alpha value is -1.54. The van der Waals surface area contributed by atoms with Crippen LogP contribution in [0.25, 0.3) is 0 Å². The van der Waals surface area contributed by atoms with Crippen LogP contribution in [0.5, 0.6) is 0 Å². The predicted octanol–water partition coefficient (Wildman–Crippen LogP) is 2.09. The summed E-state index contributed by atoms with van der Waals surface area (Å²) in [4.78, 5) is 0. The van der Waals surface area contributed by atoms with Crippen LogP contribution in [0.1, 0.15) is 55.6 Å². The van der Waals surface area contributed by atoms with Gasteiger partial charge in [-0.15, -0.1) is 0 Å². The molecular weight excluding hydrogens is 622 g/mol. The molecule has 0 heterocycles. The summed E-state index contributed by atoms with van der Waals surface area (Å²) in [6, 6.07) is 25.7. The number of aryl methyl sites for hydroxylation is 4. The molecule has 180 valence electrons. The number of hydrogen-bond acceptors (Lipinski definition) is 0. The first-order chi connectivity index (χ1) is 15.1. The van der Waals surface area contributed by atoms with Gasteiger partial charge < -0.3 is 24.8 Å². The molecule has 0 saturated heterocycles. The van der Waals surface area contributed by atoms with Crippen molar-refractivity contribution in [1.29, 1.82) is 0 Å². The van der Waals surface area contributed by atoms with Gasteiger partial charge in [-0.1, -0.05) is 55.4 Å². The van der Waals surface area contributed by atoms with E-state index in [4.69, 9.17) is 0 Å². The third-order valence-corrected chi connectivity index (χ3v) is 8.56. The summed E-state index contributed by atoms with van der Waals surface area (Å²) in [6.07, 6.45) is 0. The van der Waals surface area contributed by atoms with Gasteiger partial charge in [0.1, 0.15) is 0 Å². The summed E-state index contributed by atoms with van der Waals surface area (Å²) in [5.74, 6) is 0. The molecule has 4 aromatic carbocycles. The molecule has 0 N–H and O–H groups in total. The summed E-state index contributed by atoms with van der Waals surface area (Å²) in [5.41, 5.74) is 14.2. The van der Waals surface area contributed by atoms with E-state index < -0.39 is 0 Å². The Morgan fingerprint density at radius 3 is 1.03 bits per heavy atom. The van der Waals surface area contributed by atoms with Crippen LogP contribution in [0.2, 0.25) is 0 Å². The molecule has 0 bridgehead atoms. The molecule has 4 aromatic rings. The van der Waals surface area contributed by atoms with Gasteiger partial charge in [-0.25, -0.2) is 0 Å². The summed E-state index contributed by atoms with van der Waals surface area (Å²) in [7, 11) is 0. The second-order valence-corrected chi connectivity index (χ2v) is 10.4. The molecule has 0 radical (unpaired) electrons. The van der Waals surface area contributed by atoms with Crippen LogP contribution in [0, 0.1) is 55.4 Å². The molecular formula is C31H36Cl2Hf-2. The molecule has 0 aromatic heterocycles. The molecule has 0 saturated carbocycles. The zero-order chi connectivity index (χ0) is 23.8. The molecule has 34 heavy (non-hydrogen) atoms. The van der Waals surface area contributed by atoms with E-state index >= 15 is 0 Å². The molecule has 3 heteroatoms. The van der Waals surface area contributed by atoms with Crippen LogP contribution >= 0.6 is 0 Å². The van der Waals surface area contributed by atoms with Gasteiger partial charge in [-0.05, 0) is 0 Å². The SMILES string of the molecule is Cc1c[c-](C)c(C)c1C.Cc1c[c-](C)c(C)c1C.[Cl-].[Cl-].[Hf+2]=[C](c1ccccc1)c1ccccc1. The maximum atomic E-state index is 2.24. The predicted molar refractivity (Wildman–Crippen MR) is 138 cm³/mol. The van der Waals surface area contributed by atoms with Crippen LogP contribution in [-0.4, -0.2) is 3.26 Å². The van der Waals surface area contributed by atoms with Crippen molar-refractivity contribution >= 4 is 3.26 Å². The monoisotopic (exact) mass is 658 g/mol. The van der Waals surface area contributed by atoms with Crippen LogP contribution in [0.15, 0.2) is 72.8 Å². The standard InChI is InChI=1S/C13H10.2C9H13.2ClH.Hf/c1-3-7-12(8-4-1)11-13-9-5-2-6-10-13;2*1-6-5-7(2)9(4)8(6)3;;;/h1-10H;2*5H,1-4H3;2*1H;/q;2*-1;;;+2/p-2. The van der Waals surface area contributed by atoms with E-state index in [0.717, 1.165) is 23.9 Å². The van der Waals surface area contributed by atoms with Crippen molar-refractivity contribution in [2.45, 2.75) is 55.4 Å². The molecule has 0 atom stereocenters. The minimum absolute atomic E-state index is 0. The van der Waals surface area contributed by atoms with E-state index in [-0.39, 0.29) is 24.8 Å². The van der Waals surface area contributed by atoms with E-state index in [9.17, 15) is 0 Å². The van der Waals surface area contributed by atoms with Crippen molar-refractivity contribution in [3.8, 4) is 0 Å². The fraction of sp³-hybridized carbons (Fsp3) is 0.258. The zero-order valence-corrected chi connectivity index (χ0v) is 26.8. The Kier molecular flexibility index (Phi) is 14.8. The third kappa shape index (κ3) is 8.91. The normalized spacial score (nSPS) is 9.47. The van der Waals surface area contributed by atoms with Gasteiger partial charge in [-0.3, -0.25) is 0 Å². The Bertz CT molecular complexity index is 1010. The minimum atomic E-state index is 0. The van der Waals surface area contributed by atoms with Crippen molar-refractivity contribution in [3.63, 3.8) is 0 Å². The summed E-state index contributed by atoms with van der Waals surface area (Å²) in [5, 5.41) is 0.